The summed E-state index contributed by atoms with van der Waals surface area (Å²) in [5.41, 5.74) is 1.54. The van der Waals surface area contributed by atoms with Crippen molar-refractivity contribution in [3.05, 3.63) is 51.6 Å². The van der Waals surface area contributed by atoms with Gasteiger partial charge in [0.05, 0.1) is 11.5 Å². The van der Waals surface area contributed by atoms with Crippen molar-refractivity contribution in [1.82, 2.24) is 0 Å². The molecule has 0 aromatic heterocycles. The van der Waals surface area contributed by atoms with E-state index in [1.807, 2.05) is 18.2 Å². The lowest BCUT2D eigenvalue weighted by molar-refractivity contribution is -0.385. The summed E-state index contributed by atoms with van der Waals surface area (Å²) in [5, 5.41) is 11.2. The Morgan fingerprint density at radius 2 is 1.92 bits per heavy atom. The van der Waals surface area contributed by atoms with E-state index in [2.05, 4.69) is 0 Å². The van der Waals surface area contributed by atoms with Gasteiger partial charge in [-0.3, -0.25) is 10.1 Å². The quantitative estimate of drug-likeness (QED) is 0.468. The van der Waals surface area contributed by atoms with E-state index < -0.39 is 4.92 Å². The van der Waals surface area contributed by atoms with Crippen LogP contribution in [0, 0.1) is 10.1 Å². The minimum atomic E-state index is -0.396. The van der Waals surface area contributed by atoms with Crippen molar-refractivity contribution >= 4 is 17.4 Å². The zero-order valence-corrected chi connectivity index (χ0v) is 14.0. The largest absolute Gasteiger partial charge is 0.486 e. The van der Waals surface area contributed by atoms with E-state index in [0.717, 1.165) is 22.0 Å². The Balaban J connectivity index is 1.58. The van der Waals surface area contributed by atoms with Crippen molar-refractivity contribution in [3.63, 3.8) is 0 Å². The van der Waals surface area contributed by atoms with Crippen LogP contribution in [0.25, 0.3) is 0 Å². The van der Waals surface area contributed by atoms with Crippen LogP contribution in [0.3, 0.4) is 0 Å². The highest BCUT2D eigenvalue weighted by atomic mass is 32.2. The number of ether oxygens (including phenoxy) is 4. The van der Waals surface area contributed by atoms with E-state index in [1.165, 1.54) is 6.07 Å². The van der Waals surface area contributed by atoms with E-state index >= 15 is 0 Å². The molecule has 2 aromatic rings. The summed E-state index contributed by atoms with van der Waals surface area (Å²) in [5.74, 6) is 2.69. The molecule has 8 heteroatoms. The van der Waals surface area contributed by atoms with Crippen LogP contribution in [0.2, 0.25) is 0 Å². The lowest BCUT2D eigenvalue weighted by atomic mass is 10.1. The molecule has 0 unspecified atom stereocenters. The van der Waals surface area contributed by atoms with Crippen molar-refractivity contribution in [2.45, 2.75) is 17.3 Å². The monoisotopic (exact) mass is 361 g/mol. The Hall–Kier alpha value is -2.45. The normalized spacial score (nSPS) is 15.2. The number of nitrogens with zero attached hydrogens (tertiary/aromatic N) is 1. The lowest BCUT2D eigenvalue weighted by Gasteiger charge is -2.21. The average molecular weight is 361 g/mol. The van der Waals surface area contributed by atoms with Crippen LogP contribution in [0.15, 0.2) is 35.2 Å². The predicted molar refractivity (Wildman–Crippen MR) is 90.4 cm³/mol. The summed E-state index contributed by atoms with van der Waals surface area (Å²) in [6.45, 7) is 1.57. The Labute approximate surface area is 148 Å². The second-order valence-corrected chi connectivity index (χ2v) is 6.60. The fourth-order valence-electron chi connectivity index (χ4n) is 2.77. The van der Waals surface area contributed by atoms with E-state index in [1.54, 1.807) is 17.8 Å². The SMILES string of the molecule is O=[N+]([O-])c1cc2c(c(CSc3ccc4c(c3)OCCO4)c1)OCOC2. The van der Waals surface area contributed by atoms with Crippen LogP contribution >= 0.6 is 11.8 Å². The maximum Gasteiger partial charge on any atom is 0.270 e. The number of thioether (sulfide) groups is 1. The van der Waals surface area contributed by atoms with Gasteiger partial charge in [-0.2, -0.15) is 0 Å². The van der Waals surface area contributed by atoms with Gasteiger partial charge >= 0.3 is 0 Å². The van der Waals surface area contributed by atoms with Gasteiger partial charge in [0.15, 0.2) is 18.3 Å². The minimum absolute atomic E-state index is 0.0469. The first kappa shape index (κ1) is 16.0. The van der Waals surface area contributed by atoms with Crippen molar-refractivity contribution in [2.75, 3.05) is 20.0 Å². The van der Waals surface area contributed by atoms with Gasteiger partial charge in [0.1, 0.15) is 19.0 Å². The topological polar surface area (TPSA) is 80.1 Å². The number of hydrogen-bond acceptors (Lipinski definition) is 7. The Kier molecular flexibility index (Phi) is 4.37. The number of nitro groups is 1. The molecule has 2 aliphatic heterocycles. The number of nitro benzene ring substituents is 1. The predicted octanol–water partition coefficient (Wildman–Crippen LogP) is 3.52. The highest BCUT2D eigenvalue weighted by Gasteiger charge is 2.21. The molecule has 0 spiro atoms. The average Bonchev–Trinajstić information content (AvgIpc) is 2.65. The second-order valence-electron chi connectivity index (χ2n) is 5.56. The molecule has 2 heterocycles. The highest BCUT2D eigenvalue weighted by molar-refractivity contribution is 7.98. The number of hydrogen-bond donors (Lipinski definition) is 0. The molecule has 130 valence electrons. The fourth-order valence-corrected chi connectivity index (χ4v) is 3.66. The molecule has 0 N–H and O–H groups in total. The van der Waals surface area contributed by atoms with Gasteiger partial charge in [-0.25, -0.2) is 0 Å². The van der Waals surface area contributed by atoms with Crippen LogP contribution < -0.4 is 14.2 Å². The van der Waals surface area contributed by atoms with Crippen LogP contribution in [-0.4, -0.2) is 24.9 Å². The van der Waals surface area contributed by atoms with Gasteiger partial charge in [-0.15, -0.1) is 11.8 Å². The van der Waals surface area contributed by atoms with Crippen molar-refractivity contribution in [3.8, 4) is 17.2 Å². The third-order valence-electron chi connectivity index (χ3n) is 3.89. The summed E-state index contributed by atoms with van der Waals surface area (Å²) in [6.07, 6.45) is 0. The summed E-state index contributed by atoms with van der Waals surface area (Å²) in [7, 11) is 0. The van der Waals surface area contributed by atoms with E-state index in [4.69, 9.17) is 18.9 Å². The zero-order valence-electron chi connectivity index (χ0n) is 13.2. The van der Waals surface area contributed by atoms with Gasteiger partial charge in [-0.05, 0) is 18.2 Å². The molecule has 2 aliphatic rings. The number of fused-ring (bicyclic) bond motifs is 2. The molecule has 0 saturated heterocycles. The molecule has 0 atom stereocenters. The fraction of sp³-hybridized carbons (Fsp3) is 0.294. The number of non-ortho nitro benzene ring substituents is 1. The first-order valence-electron chi connectivity index (χ1n) is 7.74. The molecule has 0 saturated carbocycles. The van der Waals surface area contributed by atoms with Crippen molar-refractivity contribution in [2.24, 2.45) is 0 Å². The summed E-state index contributed by atoms with van der Waals surface area (Å²) in [4.78, 5) is 11.8. The molecular formula is C17H15NO6S. The van der Waals surface area contributed by atoms with Gasteiger partial charge in [0.25, 0.3) is 5.69 Å². The number of benzene rings is 2. The molecule has 7 nitrogen and oxygen atoms in total. The zero-order chi connectivity index (χ0) is 17.2. The smallest absolute Gasteiger partial charge is 0.270 e. The molecule has 0 aliphatic carbocycles. The molecule has 25 heavy (non-hydrogen) atoms. The minimum Gasteiger partial charge on any atom is -0.486 e. The molecule has 0 amide bonds. The van der Waals surface area contributed by atoms with Crippen molar-refractivity contribution in [1.29, 1.82) is 0 Å². The van der Waals surface area contributed by atoms with Gasteiger partial charge < -0.3 is 18.9 Å². The maximum atomic E-state index is 11.2. The molecule has 0 radical (unpaired) electrons. The lowest BCUT2D eigenvalue weighted by Crippen LogP contribution is -2.15. The summed E-state index contributed by atoms with van der Waals surface area (Å²) in [6, 6.07) is 8.82. The molecule has 4 rings (SSSR count). The van der Waals surface area contributed by atoms with Gasteiger partial charge in [-0.1, -0.05) is 0 Å². The first-order valence-corrected chi connectivity index (χ1v) is 8.72. The number of rotatable bonds is 4. The Morgan fingerprint density at radius 3 is 2.76 bits per heavy atom. The van der Waals surface area contributed by atoms with E-state index in [-0.39, 0.29) is 12.5 Å². The first-order chi connectivity index (χ1) is 12.2. The van der Waals surface area contributed by atoms with Crippen molar-refractivity contribution < 1.29 is 23.9 Å². The second kappa shape index (κ2) is 6.81. The third-order valence-corrected chi connectivity index (χ3v) is 4.93. The Bertz CT molecular complexity index is 825. The van der Waals surface area contributed by atoms with Gasteiger partial charge in [0, 0.05) is 33.9 Å². The van der Waals surface area contributed by atoms with E-state index in [0.29, 0.717) is 36.9 Å². The highest BCUT2D eigenvalue weighted by Crippen LogP contribution is 2.39. The third kappa shape index (κ3) is 3.35. The standard InChI is InChI=1S/C17H15NO6S/c19-18(20)13-5-11-8-21-10-24-17(11)12(6-13)9-25-14-1-2-15-16(7-14)23-4-3-22-15/h1-2,5-7H,3-4,8-10H2. The summed E-state index contributed by atoms with van der Waals surface area (Å²) >= 11 is 1.56. The van der Waals surface area contributed by atoms with Gasteiger partial charge in [0.2, 0.25) is 0 Å². The Morgan fingerprint density at radius 1 is 1.08 bits per heavy atom. The molecule has 0 fully saturated rings. The molecule has 2 aromatic carbocycles. The van der Waals surface area contributed by atoms with Crippen LogP contribution in [0.1, 0.15) is 11.1 Å². The maximum absolute atomic E-state index is 11.2. The van der Waals surface area contributed by atoms with E-state index in [9.17, 15) is 10.1 Å². The molecule has 0 bridgehead atoms. The van der Waals surface area contributed by atoms with Crippen LogP contribution in [0.5, 0.6) is 17.2 Å². The van der Waals surface area contributed by atoms with Crippen LogP contribution in [-0.2, 0) is 17.1 Å². The summed E-state index contributed by atoms with van der Waals surface area (Å²) < 4.78 is 21.9. The molecular weight excluding hydrogens is 346 g/mol. The van der Waals surface area contributed by atoms with Crippen LogP contribution in [0.4, 0.5) is 5.69 Å².